The van der Waals surface area contributed by atoms with E-state index in [-0.39, 0.29) is 23.8 Å². The Balaban J connectivity index is 1.34. The molecule has 0 aliphatic carbocycles. The van der Waals surface area contributed by atoms with Gasteiger partial charge in [-0.3, -0.25) is 14.2 Å². The van der Waals surface area contributed by atoms with Gasteiger partial charge >= 0.3 is 0 Å². The van der Waals surface area contributed by atoms with Crippen molar-refractivity contribution in [3.8, 4) is 17.2 Å². The van der Waals surface area contributed by atoms with Crippen molar-refractivity contribution in [2.45, 2.75) is 31.8 Å². The molecule has 29 heavy (non-hydrogen) atoms. The Bertz CT molecular complexity index is 1060. The molecule has 1 amide bonds. The van der Waals surface area contributed by atoms with Crippen LogP contribution in [0.25, 0.3) is 5.69 Å². The summed E-state index contributed by atoms with van der Waals surface area (Å²) in [6.45, 7) is 3.51. The third kappa shape index (κ3) is 2.46. The first kappa shape index (κ1) is 17.1. The third-order valence-corrected chi connectivity index (χ3v) is 7.10. The number of ether oxygens (including phenoxy) is 2. The number of aryl methyl sites for hydroxylation is 1. The molecule has 1 N–H and O–H groups in total. The Labute approximate surface area is 168 Å². The van der Waals surface area contributed by atoms with E-state index < -0.39 is 0 Å². The summed E-state index contributed by atoms with van der Waals surface area (Å²) >= 11 is 0. The van der Waals surface area contributed by atoms with Crippen molar-refractivity contribution in [2.24, 2.45) is 11.8 Å². The lowest BCUT2D eigenvalue weighted by Crippen LogP contribution is -2.38. The minimum atomic E-state index is -0.285. The highest BCUT2D eigenvalue weighted by atomic mass is 16.7. The molecule has 6 rings (SSSR count). The molecule has 1 aromatic heterocycles. The van der Waals surface area contributed by atoms with E-state index in [9.17, 15) is 9.59 Å². The van der Waals surface area contributed by atoms with Crippen LogP contribution < -0.4 is 20.3 Å². The van der Waals surface area contributed by atoms with E-state index in [4.69, 9.17) is 9.47 Å². The second-order valence-corrected chi connectivity index (χ2v) is 8.58. The summed E-state index contributed by atoms with van der Waals surface area (Å²) in [5.41, 5.74) is 1.36. The zero-order valence-electron chi connectivity index (χ0n) is 16.3. The zero-order valence-corrected chi connectivity index (χ0v) is 16.3. The number of carbonyl (C=O) groups excluding carboxylic acids is 1. The standard InChI is InChI=1S/C22H23N3O4/c1-12-6-7-25(13-2-5-18-19(8-13)29-11-28-18)22(27)20(12)21(26)24-9-14-15(10-24)17-4-3-16(14)23-17/h2,5-8,14-17,23H,3-4,9-11H2,1H3/t14-,15+,16-,17+. The van der Waals surface area contributed by atoms with Crippen LogP contribution in [0, 0.1) is 18.8 Å². The van der Waals surface area contributed by atoms with E-state index in [0.717, 1.165) is 18.7 Å². The predicted molar refractivity (Wildman–Crippen MR) is 106 cm³/mol. The number of rotatable bonds is 2. The van der Waals surface area contributed by atoms with Gasteiger partial charge in [-0.2, -0.15) is 0 Å². The number of nitrogens with one attached hydrogen (secondary N) is 1. The molecule has 3 saturated heterocycles. The summed E-state index contributed by atoms with van der Waals surface area (Å²) in [6.07, 6.45) is 4.12. The lowest BCUT2D eigenvalue weighted by atomic mass is 9.82. The fourth-order valence-electron chi connectivity index (χ4n) is 5.63. The van der Waals surface area contributed by atoms with Gasteiger partial charge in [0.05, 0.1) is 5.69 Å². The average Bonchev–Trinajstić information content (AvgIpc) is 3.48. The van der Waals surface area contributed by atoms with E-state index >= 15 is 0 Å². The second kappa shape index (κ2) is 6.10. The zero-order chi connectivity index (χ0) is 19.7. The molecule has 0 unspecified atom stereocenters. The van der Waals surface area contributed by atoms with Gasteiger partial charge in [0.1, 0.15) is 5.56 Å². The first-order valence-corrected chi connectivity index (χ1v) is 10.3. The second-order valence-electron chi connectivity index (χ2n) is 8.58. The molecule has 4 aliphatic rings. The minimum Gasteiger partial charge on any atom is -0.454 e. The monoisotopic (exact) mass is 393 g/mol. The highest BCUT2D eigenvalue weighted by molar-refractivity contribution is 5.95. The van der Waals surface area contributed by atoms with E-state index in [1.54, 1.807) is 18.3 Å². The summed E-state index contributed by atoms with van der Waals surface area (Å²) < 4.78 is 12.3. The molecule has 0 spiro atoms. The number of aromatic nitrogens is 1. The number of pyridine rings is 1. The fourth-order valence-corrected chi connectivity index (χ4v) is 5.63. The van der Waals surface area contributed by atoms with E-state index in [1.807, 2.05) is 24.0 Å². The van der Waals surface area contributed by atoms with Crippen LogP contribution in [0.5, 0.6) is 11.5 Å². The van der Waals surface area contributed by atoms with Crippen LogP contribution in [0.4, 0.5) is 0 Å². The van der Waals surface area contributed by atoms with Crippen molar-refractivity contribution in [3.63, 3.8) is 0 Å². The van der Waals surface area contributed by atoms with Crippen molar-refractivity contribution in [1.82, 2.24) is 14.8 Å². The van der Waals surface area contributed by atoms with E-state index in [0.29, 0.717) is 41.1 Å². The van der Waals surface area contributed by atoms with Gasteiger partial charge in [-0.25, -0.2) is 0 Å². The first-order chi connectivity index (χ1) is 14.1. The number of nitrogens with zero attached hydrogens (tertiary/aromatic N) is 2. The molecule has 0 radical (unpaired) electrons. The Morgan fingerprint density at radius 1 is 1.07 bits per heavy atom. The van der Waals surface area contributed by atoms with Gasteiger partial charge < -0.3 is 19.7 Å². The lowest BCUT2D eigenvalue weighted by molar-refractivity contribution is 0.0776. The fraction of sp³-hybridized carbons (Fsp3) is 0.455. The molecule has 2 aromatic rings. The molecule has 5 heterocycles. The molecule has 150 valence electrons. The minimum absolute atomic E-state index is 0.142. The largest absolute Gasteiger partial charge is 0.454 e. The van der Waals surface area contributed by atoms with Gasteiger partial charge in [0, 0.05) is 37.4 Å². The van der Waals surface area contributed by atoms with Crippen molar-refractivity contribution in [3.05, 3.63) is 51.9 Å². The molecule has 1 aromatic carbocycles. The SMILES string of the molecule is Cc1ccn(-c2ccc3c(c2)OCO3)c(=O)c1C(=O)N1C[C@@H]2[C@H](C1)[C@@H]1CC[C@H]2N1. The maximum Gasteiger partial charge on any atom is 0.268 e. The van der Waals surface area contributed by atoms with Crippen molar-refractivity contribution < 1.29 is 14.3 Å². The highest BCUT2D eigenvalue weighted by Crippen LogP contribution is 2.43. The normalized spacial score (nSPS) is 28.8. The number of hydrogen-bond donors (Lipinski definition) is 1. The third-order valence-electron chi connectivity index (χ3n) is 7.10. The van der Waals surface area contributed by atoms with Gasteiger partial charge in [0.2, 0.25) is 6.79 Å². The summed E-state index contributed by atoms with van der Waals surface area (Å²) in [5, 5.41) is 3.68. The molecule has 2 bridgehead atoms. The number of hydrogen-bond acceptors (Lipinski definition) is 5. The van der Waals surface area contributed by atoms with Crippen LogP contribution in [0.1, 0.15) is 28.8 Å². The maximum absolute atomic E-state index is 13.4. The number of amides is 1. The van der Waals surface area contributed by atoms with Crippen molar-refractivity contribution in [1.29, 1.82) is 0 Å². The molecule has 4 atom stereocenters. The Morgan fingerprint density at radius 2 is 1.79 bits per heavy atom. The number of fused-ring (bicyclic) bond motifs is 6. The van der Waals surface area contributed by atoms with Crippen molar-refractivity contribution >= 4 is 5.91 Å². The van der Waals surface area contributed by atoms with Crippen LogP contribution in [0.2, 0.25) is 0 Å². The average molecular weight is 393 g/mol. The van der Waals surface area contributed by atoms with Gasteiger partial charge in [0.15, 0.2) is 11.5 Å². The van der Waals surface area contributed by atoms with Crippen LogP contribution in [0.3, 0.4) is 0 Å². The molecule has 7 nitrogen and oxygen atoms in total. The van der Waals surface area contributed by atoms with E-state index in [1.165, 1.54) is 17.4 Å². The summed E-state index contributed by atoms with van der Waals surface area (Å²) in [6, 6.07) is 8.27. The molecular formula is C22H23N3O4. The Hall–Kier alpha value is -2.80. The predicted octanol–water partition coefficient (Wildman–Crippen LogP) is 1.70. The molecule has 7 heteroatoms. The summed E-state index contributed by atoms with van der Waals surface area (Å²) in [7, 11) is 0. The van der Waals surface area contributed by atoms with Gasteiger partial charge in [-0.1, -0.05) is 0 Å². The quantitative estimate of drug-likeness (QED) is 0.841. The van der Waals surface area contributed by atoms with Gasteiger partial charge in [-0.15, -0.1) is 0 Å². The number of carbonyl (C=O) groups is 1. The smallest absolute Gasteiger partial charge is 0.268 e. The van der Waals surface area contributed by atoms with Crippen LogP contribution >= 0.6 is 0 Å². The van der Waals surface area contributed by atoms with Crippen molar-refractivity contribution in [2.75, 3.05) is 19.9 Å². The Kier molecular flexibility index (Phi) is 3.59. The maximum atomic E-state index is 13.4. The first-order valence-electron chi connectivity index (χ1n) is 10.3. The summed E-state index contributed by atoms with van der Waals surface area (Å²) in [4.78, 5) is 28.6. The lowest BCUT2D eigenvalue weighted by Gasteiger charge is -2.20. The van der Waals surface area contributed by atoms with Crippen LogP contribution in [0.15, 0.2) is 35.3 Å². The molecule has 4 aliphatic heterocycles. The molecule has 3 fully saturated rings. The topological polar surface area (TPSA) is 72.8 Å². The van der Waals surface area contributed by atoms with E-state index in [2.05, 4.69) is 5.32 Å². The van der Waals surface area contributed by atoms with Crippen LogP contribution in [-0.4, -0.2) is 47.3 Å². The summed E-state index contributed by atoms with van der Waals surface area (Å²) in [5.74, 6) is 2.18. The number of benzene rings is 1. The Morgan fingerprint density at radius 3 is 2.55 bits per heavy atom. The van der Waals surface area contributed by atoms with Gasteiger partial charge in [0.25, 0.3) is 11.5 Å². The molecular weight excluding hydrogens is 370 g/mol. The molecule has 0 saturated carbocycles. The highest BCUT2D eigenvalue weighted by Gasteiger charge is 2.52. The van der Waals surface area contributed by atoms with Gasteiger partial charge in [-0.05, 0) is 55.4 Å². The van der Waals surface area contributed by atoms with Crippen LogP contribution in [-0.2, 0) is 0 Å². The number of likely N-dealkylation sites (tertiary alicyclic amines) is 1.